The Morgan fingerprint density at radius 1 is 1.16 bits per heavy atom. The lowest BCUT2D eigenvalue weighted by Crippen LogP contribution is -2.45. The fourth-order valence-electron chi connectivity index (χ4n) is 4.27. The molecule has 1 aromatic heterocycles. The van der Waals surface area contributed by atoms with Gasteiger partial charge in [-0.2, -0.15) is 4.31 Å². The third kappa shape index (κ3) is 4.38. The smallest absolute Gasteiger partial charge is 0.243 e. The highest BCUT2D eigenvalue weighted by atomic mass is 32.2. The maximum absolute atomic E-state index is 13.3. The van der Waals surface area contributed by atoms with E-state index in [0.717, 1.165) is 28.6 Å². The zero-order valence-corrected chi connectivity index (χ0v) is 18.9. The van der Waals surface area contributed by atoms with Crippen molar-refractivity contribution in [2.24, 2.45) is 5.92 Å². The van der Waals surface area contributed by atoms with Gasteiger partial charge in [-0.05, 0) is 62.1 Å². The Kier molecular flexibility index (Phi) is 6.16. The molecule has 31 heavy (non-hydrogen) atoms. The predicted octanol–water partition coefficient (Wildman–Crippen LogP) is 3.69. The maximum atomic E-state index is 13.3. The van der Waals surface area contributed by atoms with Crippen LogP contribution in [0.15, 0.2) is 59.6 Å². The van der Waals surface area contributed by atoms with Gasteiger partial charge in [0.15, 0.2) is 0 Å². The van der Waals surface area contributed by atoms with Crippen LogP contribution in [0.25, 0.3) is 10.9 Å². The monoisotopic (exact) mass is 439 g/mol. The molecule has 1 amide bonds. The van der Waals surface area contributed by atoms with E-state index in [4.69, 9.17) is 0 Å². The van der Waals surface area contributed by atoms with Gasteiger partial charge in [-0.25, -0.2) is 8.42 Å². The van der Waals surface area contributed by atoms with Crippen molar-refractivity contribution in [2.45, 2.75) is 44.7 Å². The van der Waals surface area contributed by atoms with Gasteiger partial charge in [-0.3, -0.25) is 4.79 Å². The summed E-state index contributed by atoms with van der Waals surface area (Å²) in [7, 11) is -3.65. The highest BCUT2D eigenvalue weighted by molar-refractivity contribution is 7.89. The molecule has 1 N–H and O–H groups in total. The molecule has 0 bridgehead atoms. The summed E-state index contributed by atoms with van der Waals surface area (Å²) in [6, 6.07) is 15.1. The number of sulfonamides is 1. The molecule has 1 aliphatic rings. The van der Waals surface area contributed by atoms with Crippen molar-refractivity contribution in [3.8, 4) is 0 Å². The fourth-order valence-corrected chi connectivity index (χ4v) is 5.83. The number of carbonyl (C=O) groups excluding carboxylic acids is 1. The number of rotatable bonds is 6. The van der Waals surface area contributed by atoms with Gasteiger partial charge in [0.25, 0.3) is 0 Å². The van der Waals surface area contributed by atoms with Crippen LogP contribution in [-0.2, 0) is 27.9 Å². The normalized spacial score (nSPS) is 17.7. The Balaban J connectivity index is 1.47. The highest BCUT2D eigenvalue weighted by Crippen LogP contribution is 2.27. The van der Waals surface area contributed by atoms with Gasteiger partial charge >= 0.3 is 0 Å². The van der Waals surface area contributed by atoms with Crippen LogP contribution in [0.3, 0.4) is 0 Å². The lowest BCUT2D eigenvalue weighted by atomic mass is 9.98. The minimum atomic E-state index is -3.65. The number of aryl methyl sites for hydroxylation is 2. The van der Waals surface area contributed by atoms with Crippen molar-refractivity contribution in [2.75, 3.05) is 13.1 Å². The van der Waals surface area contributed by atoms with Gasteiger partial charge < -0.3 is 9.88 Å². The molecule has 3 aromatic rings. The number of nitrogens with one attached hydrogen (secondary N) is 1. The van der Waals surface area contributed by atoms with E-state index >= 15 is 0 Å². The summed E-state index contributed by atoms with van der Waals surface area (Å²) in [6.45, 7) is 6.03. The fraction of sp³-hybridized carbons (Fsp3) is 0.375. The van der Waals surface area contributed by atoms with E-state index < -0.39 is 10.0 Å². The Bertz CT molecular complexity index is 1200. The average molecular weight is 440 g/mol. The van der Waals surface area contributed by atoms with E-state index in [9.17, 15) is 13.2 Å². The molecule has 1 aliphatic heterocycles. The third-order valence-corrected chi connectivity index (χ3v) is 8.05. The van der Waals surface area contributed by atoms with Gasteiger partial charge in [0.1, 0.15) is 0 Å². The van der Waals surface area contributed by atoms with Gasteiger partial charge in [-0.15, -0.1) is 0 Å². The van der Waals surface area contributed by atoms with Crippen molar-refractivity contribution >= 4 is 26.8 Å². The van der Waals surface area contributed by atoms with Crippen molar-refractivity contribution in [1.82, 2.24) is 14.2 Å². The predicted molar refractivity (Wildman–Crippen MR) is 122 cm³/mol. The van der Waals surface area contributed by atoms with Crippen LogP contribution in [0.1, 0.15) is 30.9 Å². The molecule has 0 spiro atoms. The van der Waals surface area contributed by atoms with Gasteiger partial charge in [0.2, 0.25) is 15.9 Å². The molecule has 0 aliphatic carbocycles. The van der Waals surface area contributed by atoms with E-state index in [0.29, 0.717) is 25.9 Å². The summed E-state index contributed by atoms with van der Waals surface area (Å²) < 4.78 is 30.1. The first-order valence-electron chi connectivity index (χ1n) is 10.8. The van der Waals surface area contributed by atoms with Crippen LogP contribution < -0.4 is 5.32 Å². The number of amides is 1. The van der Waals surface area contributed by atoms with Gasteiger partial charge in [0.05, 0.1) is 10.8 Å². The van der Waals surface area contributed by atoms with Crippen LogP contribution in [0.2, 0.25) is 0 Å². The van der Waals surface area contributed by atoms with Crippen molar-refractivity contribution < 1.29 is 13.2 Å². The molecule has 0 saturated carbocycles. The molecule has 2 heterocycles. The molecule has 6 nitrogen and oxygen atoms in total. The first kappa shape index (κ1) is 21.6. The zero-order valence-electron chi connectivity index (χ0n) is 18.0. The SMILES string of the molecule is CCn1ccc2cc(S(=O)(=O)N3CCC[C@H](C(=O)NCc4ccccc4C)C3)ccc21. The van der Waals surface area contributed by atoms with E-state index in [-0.39, 0.29) is 23.3 Å². The molecule has 0 radical (unpaired) electrons. The molecule has 1 fully saturated rings. The van der Waals surface area contributed by atoms with E-state index in [1.165, 1.54) is 4.31 Å². The lowest BCUT2D eigenvalue weighted by molar-refractivity contribution is -0.126. The largest absolute Gasteiger partial charge is 0.352 e. The molecular formula is C24H29N3O3S. The van der Waals surface area contributed by atoms with E-state index in [1.807, 2.05) is 49.5 Å². The third-order valence-electron chi connectivity index (χ3n) is 6.19. The van der Waals surface area contributed by atoms with Crippen LogP contribution in [0.5, 0.6) is 0 Å². The number of benzene rings is 2. The summed E-state index contributed by atoms with van der Waals surface area (Å²) in [5.41, 5.74) is 3.22. The average Bonchev–Trinajstić information content (AvgIpc) is 3.21. The minimum absolute atomic E-state index is 0.0846. The summed E-state index contributed by atoms with van der Waals surface area (Å²) in [5, 5.41) is 3.90. The molecule has 0 unspecified atom stereocenters. The summed E-state index contributed by atoms with van der Waals surface area (Å²) in [5.74, 6) is -0.420. The van der Waals surface area contributed by atoms with E-state index in [2.05, 4.69) is 16.8 Å². The second-order valence-corrected chi connectivity index (χ2v) is 10.1. The molecule has 4 rings (SSSR count). The maximum Gasteiger partial charge on any atom is 0.243 e. The zero-order chi connectivity index (χ0) is 22.0. The van der Waals surface area contributed by atoms with Gasteiger partial charge in [-0.1, -0.05) is 24.3 Å². The highest BCUT2D eigenvalue weighted by Gasteiger charge is 2.33. The Hall–Kier alpha value is -2.64. The molecule has 164 valence electrons. The Morgan fingerprint density at radius 3 is 2.74 bits per heavy atom. The molecule has 7 heteroatoms. The van der Waals surface area contributed by atoms with E-state index in [1.54, 1.807) is 12.1 Å². The summed E-state index contributed by atoms with van der Waals surface area (Å²) in [6.07, 6.45) is 3.34. The number of hydrogen-bond acceptors (Lipinski definition) is 3. The number of fused-ring (bicyclic) bond motifs is 1. The van der Waals surface area contributed by atoms with Gasteiger partial charge in [0, 0.05) is 43.3 Å². The topological polar surface area (TPSA) is 71.4 Å². The second kappa shape index (κ2) is 8.85. The number of piperidine rings is 1. The molecule has 1 saturated heterocycles. The number of carbonyl (C=O) groups is 1. The van der Waals surface area contributed by atoms with Crippen LogP contribution in [0.4, 0.5) is 0 Å². The quantitative estimate of drug-likeness (QED) is 0.637. The number of aromatic nitrogens is 1. The molecule has 2 aromatic carbocycles. The van der Waals surface area contributed by atoms with Crippen LogP contribution in [0, 0.1) is 12.8 Å². The molecule has 1 atom stereocenters. The lowest BCUT2D eigenvalue weighted by Gasteiger charge is -2.31. The second-order valence-electron chi connectivity index (χ2n) is 8.17. The van der Waals surface area contributed by atoms with Crippen molar-refractivity contribution in [1.29, 1.82) is 0 Å². The first-order chi connectivity index (χ1) is 14.9. The minimum Gasteiger partial charge on any atom is -0.352 e. The Morgan fingerprint density at radius 2 is 1.97 bits per heavy atom. The first-order valence-corrected chi connectivity index (χ1v) is 12.3. The van der Waals surface area contributed by atoms with Crippen LogP contribution >= 0.6 is 0 Å². The summed E-state index contributed by atoms with van der Waals surface area (Å²) in [4.78, 5) is 13.1. The standard InChI is InChI=1S/C24H29N3O3S/c1-3-26-14-12-19-15-22(10-11-23(19)26)31(29,30)27-13-6-9-21(17-27)24(28)25-16-20-8-5-4-7-18(20)2/h4-5,7-8,10-12,14-15,21H,3,6,9,13,16-17H2,1-2H3,(H,25,28)/t21-/m0/s1. The van der Waals surface area contributed by atoms with Crippen molar-refractivity contribution in [3.05, 3.63) is 65.9 Å². The number of nitrogens with zero attached hydrogens (tertiary/aromatic N) is 2. The summed E-state index contributed by atoms with van der Waals surface area (Å²) >= 11 is 0. The van der Waals surface area contributed by atoms with Crippen molar-refractivity contribution in [3.63, 3.8) is 0 Å². The van der Waals surface area contributed by atoms with Crippen LogP contribution in [-0.4, -0.2) is 36.3 Å². The Labute approximate surface area is 183 Å². The molecular weight excluding hydrogens is 410 g/mol. The number of hydrogen-bond donors (Lipinski definition) is 1.